The van der Waals surface area contributed by atoms with Gasteiger partial charge in [0.05, 0.1) is 4.92 Å². The van der Waals surface area contributed by atoms with E-state index in [2.05, 4.69) is 39.4 Å². The fourth-order valence-corrected chi connectivity index (χ4v) is 3.14. The van der Waals surface area contributed by atoms with E-state index >= 15 is 0 Å². The molecule has 1 heterocycles. The summed E-state index contributed by atoms with van der Waals surface area (Å²) in [4.78, 5) is 15.6. The maximum absolute atomic E-state index is 11.0. The van der Waals surface area contributed by atoms with Crippen molar-refractivity contribution in [1.82, 2.24) is 9.80 Å². The number of nitrogens with one attached hydrogen (secondary N) is 1. The third-order valence-electron chi connectivity index (χ3n) is 4.56. The molecule has 25 heavy (non-hydrogen) atoms. The van der Waals surface area contributed by atoms with Crippen LogP contribution in [0.4, 0.5) is 11.4 Å². The van der Waals surface area contributed by atoms with Crippen molar-refractivity contribution in [2.75, 3.05) is 44.6 Å². The summed E-state index contributed by atoms with van der Waals surface area (Å²) >= 11 is 0. The van der Waals surface area contributed by atoms with Gasteiger partial charge in [-0.25, -0.2) is 0 Å². The molecule has 1 aliphatic heterocycles. The summed E-state index contributed by atoms with van der Waals surface area (Å²) in [7, 11) is 0. The van der Waals surface area contributed by atoms with Gasteiger partial charge in [0, 0.05) is 51.9 Å². The third-order valence-corrected chi connectivity index (χ3v) is 4.56. The van der Waals surface area contributed by atoms with Gasteiger partial charge in [-0.05, 0) is 11.6 Å². The number of nitro groups is 1. The average molecular weight is 340 g/mol. The second-order valence-corrected chi connectivity index (χ2v) is 6.30. The molecule has 0 spiro atoms. The first-order chi connectivity index (χ1) is 12.2. The van der Waals surface area contributed by atoms with Crippen molar-refractivity contribution < 1.29 is 4.92 Å². The van der Waals surface area contributed by atoms with Gasteiger partial charge in [-0.3, -0.25) is 19.9 Å². The molecular formula is C19H24N4O2. The van der Waals surface area contributed by atoms with Crippen molar-refractivity contribution in [3.8, 4) is 0 Å². The fourth-order valence-electron chi connectivity index (χ4n) is 3.14. The molecule has 1 saturated heterocycles. The van der Waals surface area contributed by atoms with Crippen molar-refractivity contribution in [3.63, 3.8) is 0 Å². The Morgan fingerprint density at radius 2 is 1.56 bits per heavy atom. The third kappa shape index (κ3) is 5.01. The lowest BCUT2D eigenvalue weighted by atomic mass is 10.2. The van der Waals surface area contributed by atoms with Crippen molar-refractivity contribution >= 4 is 11.4 Å². The Bertz CT molecular complexity index is 685. The molecule has 0 bridgehead atoms. The van der Waals surface area contributed by atoms with E-state index in [4.69, 9.17) is 0 Å². The van der Waals surface area contributed by atoms with Crippen LogP contribution in [0.25, 0.3) is 0 Å². The summed E-state index contributed by atoms with van der Waals surface area (Å²) in [5.74, 6) is 0. The number of hydrogen-bond donors (Lipinski definition) is 1. The zero-order valence-corrected chi connectivity index (χ0v) is 14.3. The van der Waals surface area contributed by atoms with Crippen molar-refractivity contribution in [2.45, 2.75) is 6.54 Å². The minimum atomic E-state index is -0.343. The zero-order valence-electron chi connectivity index (χ0n) is 14.3. The standard InChI is InChI=1S/C19H24N4O2/c24-23(25)19-9-5-4-8-18(19)20-10-11-21-12-14-22(15-13-21)16-17-6-2-1-3-7-17/h1-9,20H,10-16H2. The lowest BCUT2D eigenvalue weighted by molar-refractivity contribution is -0.384. The summed E-state index contributed by atoms with van der Waals surface area (Å²) in [6.07, 6.45) is 0. The lowest BCUT2D eigenvalue weighted by Gasteiger charge is -2.34. The number of hydrogen-bond acceptors (Lipinski definition) is 5. The number of benzene rings is 2. The molecule has 0 radical (unpaired) electrons. The van der Waals surface area contributed by atoms with E-state index < -0.39 is 0 Å². The van der Waals surface area contributed by atoms with Gasteiger partial charge < -0.3 is 5.32 Å². The van der Waals surface area contributed by atoms with Gasteiger partial charge in [-0.1, -0.05) is 42.5 Å². The lowest BCUT2D eigenvalue weighted by Crippen LogP contribution is -2.47. The number of nitro benzene ring substituents is 1. The van der Waals surface area contributed by atoms with Gasteiger partial charge in [0.1, 0.15) is 5.69 Å². The van der Waals surface area contributed by atoms with E-state index in [1.807, 2.05) is 12.1 Å². The zero-order chi connectivity index (χ0) is 17.5. The van der Waals surface area contributed by atoms with Crippen LogP contribution in [0.15, 0.2) is 54.6 Å². The highest BCUT2D eigenvalue weighted by Gasteiger charge is 2.17. The Kier molecular flexibility index (Phi) is 5.98. The van der Waals surface area contributed by atoms with Gasteiger partial charge in [-0.15, -0.1) is 0 Å². The highest BCUT2D eigenvalue weighted by atomic mass is 16.6. The highest BCUT2D eigenvalue weighted by Crippen LogP contribution is 2.22. The number of piperazine rings is 1. The molecule has 1 N–H and O–H groups in total. The first kappa shape index (κ1) is 17.4. The Balaban J connectivity index is 1.40. The second kappa shape index (κ2) is 8.60. The molecule has 0 aliphatic carbocycles. The summed E-state index contributed by atoms with van der Waals surface area (Å²) in [6, 6.07) is 17.4. The molecule has 6 heteroatoms. The van der Waals surface area contributed by atoms with Gasteiger partial charge in [-0.2, -0.15) is 0 Å². The molecule has 0 unspecified atom stereocenters. The normalized spacial score (nSPS) is 15.8. The molecule has 1 aliphatic rings. The molecule has 3 rings (SSSR count). The van der Waals surface area contributed by atoms with E-state index in [-0.39, 0.29) is 10.6 Å². The molecule has 0 aromatic heterocycles. The topological polar surface area (TPSA) is 61.7 Å². The molecule has 1 fully saturated rings. The minimum absolute atomic E-state index is 0.134. The Morgan fingerprint density at radius 1 is 0.920 bits per heavy atom. The van der Waals surface area contributed by atoms with Gasteiger partial charge in [0.2, 0.25) is 0 Å². The maximum atomic E-state index is 11.0. The van der Waals surface area contributed by atoms with Crippen LogP contribution in [0.5, 0.6) is 0 Å². The van der Waals surface area contributed by atoms with Crippen molar-refractivity contribution in [2.24, 2.45) is 0 Å². The Hall–Kier alpha value is -2.44. The molecule has 0 amide bonds. The number of rotatable bonds is 7. The summed E-state index contributed by atoms with van der Waals surface area (Å²) in [5.41, 5.74) is 2.08. The van der Waals surface area contributed by atoms with E-state index in [9.17, 15) is 10.1 Å². The summed E-state index contributed by atoms with van der Waals surface area (Å²) in [5, 5.41) is 14.2. The Labute approximate surface area is 148 Å². The molecule has 6 nitrogen and oxygen atoms in total. The number of para-hydroxylation sites is 2. The summed E-state index contributed by atoms with van der Waals surface area (Å²) < 4.78 is 0. The minimum Gasteiger partial charge on any atom is -0.378 e. The van der Waals surface area contributed by atoms with Crippen LogP contribution >= 0.6 is 0 Å². The molecule has 0 saturated carbocycles. The monoisotopic (exact) mass is 340 g/mol. The molecule has 2 aromatic carbocycles. The smallest absolute Gasteiger partial charge is 0.292 e. The van der Waals surface area contributed by atoms with Gasteiger partial charge >= 0.3 is 0 Å². The van der Waals surface area contributed by atoms with Crippen LogP contribution in [-0.2, 0) is 6.54 Å². The van der Waals surface area contributed by atoms with E-state index in [1.54, 1.807) is 12.1 Å². The highest BCUT2D eigenvalue weighted by molar-refractivity contribution is 5.61. The molecule has 2 aromatic rings. The SMILES string of the molecule is O=[N+]([O-])c1ccccc1NCCN1CCN(Cc2ccccc2)CC1. The van der Waals surface area contributed by atoms with E-state index in [1.165, 1.54) is 11.6 Å². The Morgan fingerprint density at radius 3 is 2.28 bits per heavy atom. The predicted molar refractivity (Wildman–Crippen MR) is 99.7 cm³/mol. The largest absolute Gasteiger partial charge is 0.378 e. The average Bonchev–Trinajstić information content (AvgIpc) is 2.64. The van der Waals surface area contributed by atoms with Gasteiger partial charge in [0.15, 0.2) is 0 Å². The van der Waals surface area contributed by atoms with Crippen LogP contribution in [0.1, 0.15) is 5.56 Å². The van der Waals surface area contributed by atoms with Crippen LogP contribution in [0, 0.1) is 10.1 Å². The maximum Gasteiger partial charge on any atom is 0.292 e. The summed E-state index contributed by atoms with van der Waals surface area (Å²) in [6.45, 7) is 6.79. The van der Waals surface area contributed by atoms with Crippen LogP contribution < -0.4 is 5.32 Å². The number of nitrogens with zero attached hydrogens (tertiary/aromatic N) is 3. The predicted octanol–water partition coefficient (Wildman–Crippen LogP) is 2.82. The fraction of sp³-hybridized carbons (Fsp3) is 0.368. The van der Waals surface area contributed by atoms with E-state index in [0.29, 0.717) is 12.2 Å². The molecular weight excluding hydrogens is 316 g/mol. The first-order valence-electron chi connectivity index (χ1n) is 8.68. The van der Waals surface area contributed by atoms with Crippen molar-refractivity contribution in [3.05, 3.63) is 70.3 Å². The second-order valence-electron chi connectivity index (χ2n) is 6.30. The molecule has 132 valence electrons. The number of anilines is 1. The first-order valence-corrected chi connectivity index (χ1v) is 8.68. The quantitative estimate of drug-likeness (QED) is 0.620. The van der Waals surface area contributed by atoms with Crippen LogP contribution in [0.3, 0.4) is 0 Å². The van der Waals surface area contributed by atoms with Crippen LogP contribution in [0.2, 0.25) is 0 Å². The van der Waals surface area contributed by atoms with Crippen LogP contribution in [-0.4, -0.2) is 54.0 Å². The van der Waals surface area contributed by atoms with E-state index in [0.717, 1.165) is 39.3 Å². The van der Waals surface area contributed by atoms with Gasteiger partial charge in [0.25, 0.3) is 5.69 Å². The van der Waals surface area contributed by atoms with Crippen molar-refractivity contribution in [1.29, 1.82) is 0 Å². The molecule has 0 atom stereocenters.